The fourth-order valence-electron chi connectivity index (χ4n) is 2.32. The first-order chi connectivity index (χ1) is 9.82. The molecule has 1 fully saturated rings. The molecule has 1 heterocycles. The summed E-state index contributed by atoms with van der Waals surface area (Å²) in [4.78, 5) is 22.1. The highest BCUT2D eigenvalue weighted by molar-refractivity contribution is 7.89. The number of carbonyl (C=O) groups is 2. The van der Waals surface area contributed by atoms with E-state index in [4.69, 9.17) is 10.8 Å². The number of rotatable bonds is 4. The van der Waals surface area contributed by atoms with Crippen LogP contribution >= 0.6 is 0 Å². The lowest BCUT2D eigenvalue weighted by Crippen LogP contribution is -2.42. The van der Waals surface area contributed by atoms with E-state index < -0.39 is 27.8 Å². The number of aliphatic carboxylic acids is 1. The van der Waals surface area contributed by atoms with Crippen molar-refractivity contribution in [3.63, 3.8) is 0 Å². The maximum atomic E-state index is 12.5. The number of hydrogen-bond donors (Lipinski definition) is 2. The van der Waals surface area contributed by atoms with Gasteiger partial charge in [0.25, 0.3) is 0 Å². The molecule has 2 rings (SSSR count). The lowest BCUT2D eigenvalue weighted by molar-refractivity contribution is -0.142. The molecule has 1 unspecified atom stereocenters. The van der Waals surface area contributed by atoms with Gasteiger partial charge in [-0.2, -0.15) is 4.31 Å². The van der Waals surface area contributed by atoms with Gasteiger partial charge < -0.3 is 10.8 Å². The summed E-state index contributed by atoms with van der Waals surface area (Å²) in [5.41, 5.74) is 5.24. The van der Waals surface area contributed by atoms with Gasteiger partial charge in [-0.05, 0) is 31.0 Å². The fraction of sp³-hybridized carbons (Fsp3) is 0.385. The van der Waals surface area contributed by atoms with Gasteiger partial charge in [0.1, 0.15) is 0 Å². The SMILES string of the molecule is NC(=O)c1cccc(S(=O)(=O)N2CCCC(C(=O)O)C2)c1. The molecule has 1 aromatic carbocycles. The number of amides is 1. The second-order valence-electron chi connectivity index (χ2n) is 4.93. The Morgan fingerprint density at radius 2 is 2.05 bits per heavy atom. The summed E-state index contributed by atoms with van der Waals surface area (Å²) in [6.45, 7) is 0.214. The molecule has 0 aromatic heterocycles. The molecule has 1 aromatic rings. The molecule has 1 saturated heterocycles. The topological polar surface area (TPSA) is 118 Å². The average Bonchev–Trinajstić information content (AvgIpc) is 2.47. The van der Waals surface area contributed by atoms with Crippen LogP contribution in [0.1, 0.15) is 23.2 Å². The van der Waals surface area contributed by atoms with Crippen LogP contribution in [-0.2, 0) is 14.8 Å². The van der Waals surface area contributed by atoms with E-state index >= 15 is 0 Å². The van der Waals surface area contributed by atoms with E-state index in [2.05, 4.69) is 0 Å². The highest BCUT2D eigenvalue weighted by Crippen LogP contribution is 2.24. The summed E-state index contributed by atoms with van der Waals surface area (Å²) in [6, 6.07) is 5.44. The third kappa shape index (κ3) is 3.22. The van der Waals surface area contributed by atoms with Crippen molar-refractivity contribution in [2.24, 2.45) is 11.7 Å². The Labute approximate surface area is 122 Å². The minimum atomic E-state index is -3.82. The Morgan fingerprint density at radius 3 is 2.67 bits per heavy atom. The number of nitrogens with two attached hydrogens (primary N) is 1. The number of carboxylic acids is 1. The quantitative estimate of drug-likeness (QED) is 0.827. The number of piperidine rings is 1. The number of hydrogen-bond acceptors (Lipinski definition) is 4. The average molecular weight is 312 g/mol. The maximum Gasteiger partial charge on any atom is 0.307 e. The summed E-state index contributed by atoms with van der Waals surface area (Å²) < 4.78 is 26.2. The van der Waals surface area contributed by atoms with Gasteiger partial charge in [0.05, 0.1) is 10.8 Å². The molecule has 0 spiro atoms. The van der Waals surface area contributed by atoms with Crippen molar-refractivity contribution < 1.29 is 23.1 Å². The van der Waals surface area contributed by atoms with Crippen molar-refractivity contribution in [3.05, 3.63) is 29.8 Å². The van der Waals surface area contributed by atoms with Crippen LogP contribution in [-0.4, -0.2) is 42.8 Å². The second-order valence-corrected chi connectivity index (χ2v) is 6.87. The maximum absolute atomic E-state index is 12.5. The van der Waals surface area contributed by atoms with Gasteiger partial charge in [-0.25, -0.2) is 8.42 Å². The predicted molar refractivity (Wildman–Crippen MR) is 74.1 cm³/mol. The number of nitrogens with zero attached hydrogens (tertiary/aromatic N) is 1. The fourth-order valence-corrected chi connectivity index (χ4v) is 3.89. The molecule has 114 valence electrons. The normalized spacial score (nSPS) is 20.1. The van der Waals surface area contributed by atoms with Gasteiger partial charge in [-0.1, -0.05) is 6.07 Å². The van der Waals surface area contributed by atoms with E-state index in [0.29, 0.717) is 12.8 Å². The molecule has 1 aliphatic rings. The minimum absolute atomic E-state index is 0.0511. The smallest absolute Gasteiger partial charge is 0.307 e. The van der Waals surface area contributed by atoms with E-state index in [0.717, 1.165) is 4.31 Å². The van der Waals surface area contributed by atoms with Crippen LogP contribution < -0.4 is 5.73 Å². The first-order valence-corrected chi connectivity index (χ1v) is 7.89. The van der Waals surface area contributed by atoms with Crippen LogP contribution in [0.3, 0.4) is 0 Å². The van der Waals surface area contributed by atoms with Crippen LogP contribution in [0.4, 0.5) is 0 Å². The Hall–Kier alpha value is -1.93. The zero-order chi connectivity index (χ0) is 15.6. The molecule has 8 heteroatoms. The van der Waals surface area contributed by atoms with Gasteiger partial charge in [-0.15, -0.1) is 0 Å². The summed E-state index contributed by atoms with van der Waals surface area (Å²) in [7, 11) is -3.82. The molecule has 1 aliphatic heterocycles. The van der Waals surface area contributed by atoms with Crippen molar-refractivity contribution in [2.75, 3.05) is 13.1 Å². The van der Waals surface area contributed by atoms with E-state index in [1.54, 1.807) is 0 Å². The number of carboxylic acid groups (broad SMARTS) is 1. The number of benzene rings is 1. The van der Waals surface area contributed by atoms with Gasteiger partial charge in [0.2, 0.25) is 15.9 Å². The first kappa shape index (κ1) is 15.5. The van der Waals surface area contributed by atoms with E-state index in [9.17, 15) is 18.0 Å². The van der Waals surface area contributed by atoms with Gasteiger partial charge >= 0.3 is 5.97 Å². The third-order valence-electron chi connectivity index (χ3n) is 3.49. The largest absolute Gasteiger partial charge is 0.481 e. The van der Waals surface area contributed by atoms with Crippen LogP contribution in [0, 0.1) is 5.92 Å². The van der Waals surface area contributed by atoms with Crippen molar-refractivity contribution in [1.82, 2.24) is 4.31 Å². The van der Waals surface area contributed by atoms with E-state index in [1.165, 1.54) is 24.3 Å². The second kappa shape index (κ2) is 5.82. The monoisotopic (exact) mass is 312 g/mol. The number of carbonyl (C=O) groups excluding carboxylic acids is 1. The molecular formula is C13H16N2O5S. The lowest BCUT2D eigenvalue weighted by atomic mass is 10.0. The summed E-state index contributed by atoms with van der Waals surface area (Å²) in [5, 5.41) is 9.03. The van der Waals surface area contributed by atoms with Crippen LogP contribution in [0.5, 0.6) is 0 Å². The lowest BCUT2D eigenvalue weighted by Gasteiger charge is -2.29. The van der Waals surface area contributed by atoms with Crippen LogP contribution in [0.25, 0.3) is 0 Å². The Bertz CT molecular complexity index is 671. The summed E-state index contributed by atoms with van der Waals surface area (Å²) in [6.07, 6.45) is 0.953. The van der Waals surface area contributed by atoms with Crippen molar-refractivity contribution in [3.8, 4) is 0 Å². The Morgan fingerprint density at radius 1 is 1.33 bits per heavy atom. The molecule has 1 atom stereocenters. The molecule has 0 saturated carbocycles. The number of sulfonamides is 1. The summed E-state index contributed by atoms with van der Waals surface area (Å²) in [5.74, 6) is -2.41. The van der Waals surface area contributed by atoms with Crippen molar-refractivity contribution in [2.45, 2.75) is 17.7 Å². The first-order valence-electron chi connectivity index (χ1n) is 6.45. The highest BCUT2D eigenvalue weighted by Gasteiger charge is 2.33. The van der Waals surface area contributed by atoms with Crippen LogP contribution in [0.15, 0.2) is 29.2 Å². The molecule has 0 bridgehead atoms. The standard InChI is InChI=1S/C13H16N2O5S/c14-12(16)9-3-1-5-11(7-9)21(19,20)15-6-2-4-10(8-15)13(17)18/h1,3,5,7,10H,2,4,6,8H2,(H2,14,16)(H,17,18). The molecule has 3 N–H and O–H groups in total. The molecule has 1 amide bonds. The summed E-state index contributed by atoms with van der Waals surface area (Å²) >= 11 is 0. The minimum Gasteiger partial charge on any atom is -0.481 e. The third-order valence-corrected chi connectivity index (χ3v) is 5.35. The highest BCUT2D eigenvalue weighted by atomic mass is 32.2. The van der Waals surface area contributed by atoms with Gasteiger partial charge in [-0.3, -0.25) is 9.59 Å². The predicted octanol–water partition coefficient (Wildman–Crippen LogP) is 0.271. The van der Waals surface area contributed by atoms with Crippen molar-refractivity contribution >= 4 is 21.9 Å². The molecule has 7 nitrogen and oxygen atoms in total. The molecule has 0 radical (unpaired) electrons. The zero-order valence-electron chi connectivity index (χ0n) is 11.2. The van der Waals surface area contributed by atoms with Gasteiger partial charge in [0, 0.05) is 18.7 Å². The molecular weight excluding hydrogens is 296 g/mol. The molecule has 0 aliphatic carbocycles. The molecule has 21 heavy (non-hydrogen) atoms. The van der Waals surface area contributed by atoms with E-state index in [-0.39, 0.29) is 23.5 Å². The van der Waals surface area contributed by atoms with Crippen LogP contribution in [0.2, 0.25) is 0 Å². The number of primary amides is 1. The van der Waals surface area contributed by atoms with Gasteiger partial charge in [0.15, 0.2) is 0 Å². The zero-order valence-corrected chi connectivity index (χ0v) is 12.0. The van der Waals surface area contributed by atoms with E-state index in [1.807, 2.05) is 0 Å². The Kier molecular flexibility index (Phi) is 4.29. The Balaban J connectivity index is 2.31. The van der Waals surface area contributed by atoms with Crippen molar-refractivity contribution in [1.29, 1.82) is 0 Å².